The second-order valence-corrected chi connectivity index (χ2v) is 31.6. The van der Waals surface area contributed by atoms with Crippen LogP contribution in [0.15, 0.2) is 218 Å². The van der Waals surface area contributed by atoms with Gasteiger partial charge in [0.1, 0.15) is 58.8 Å². The number of nitrogens with zero attached hydrogens (tertiary/aromatic N) is 16. The molecule has 0 aliphatic rings. The van der Waals surface area contributed by atoms with E-state index >= 15 is 0 Å². The lowest BCUT2D eigenvalue weighted by molar-refractivity contribution is -0.145. The van der Waals surface area contributed by atoms with Crippen LogP contribution in [0.25, 0.3) is 46.5 Å². The van der Waals surface area contributed by atoms with Crippen molar-refractivity contribution < 1.29 is 29.3 Å². The molecule has 0 spiro atoms. The molecule has 0 aromatic carbocycles. The Kier molecular flexibility index (Phi) is 25.8. The highest BCUT2D eigenvalue weighted by molar-refractivity contribution is 5.68. The van der Waals surface area contributed by atoms with E-state index in [1.54, 1.807) is 0 Å². The molecule has 0 saturated carbocycles. The first kappa shape index (κ1) is 86.2. The van der Waals surface area contributed by atoms with Gasteiger partial charge in [0, 0.05) is 144 Å². The summed E-state index contributed by atoms with van der Waals surface area (Å²) in [7, 11) is 0. The number of aliphatic hydroxyl groups is 2. The molecule has 16 aromatic heterocycles. The van der Waals surface area contributed by atoms with Gasteiger partial charge >= 0.3 is 11.9 Å². The van der Waals surface area contributed by atoms with E-state index in [4.69, 9.17) is 29.4 Å². The second kappa shape index (κ2) is 36.5. The molecular formula is C100H108N16O6. The van der Waals surface area contributed by atoms with Gasteiger partial charge in [-0.05, 0) is 338 Å². The van der Waals surface area contributed by atoms with Gasteiger partial charge in [0.05, 0.1) is 22.8 Å². The first-order valence-electron chi connectivity index (χ1n) is 41.0. The Morgan fingerprint density at radius 1 is 0.246 bits per heavy atom. The average Bonchev–Trinajstić information content (AvgIpc) is 1.41. The van der Waals surface area contributed by atoms with Crippen LogP contribution in [-0.2, 0) is 19.1 Å². The van der Waals surface area contributed by atoms with Crippen LogP contribution in [0.1, 0.15) is 197 Å². The number of rotatable bonds is 18. The number of aromatic nitrogens is 16. The van der Waals surface area contributed by atoms with Crippen LogP contribution >= 0.6 is 0 Å². The molecule has 4 atom stereocenters. The zero-order valence-electron chi connectivity index (χ0n) is 73.8. The van der Waals surface area contributed by atoms with Crippen LogP contribution in [0.5, 0.6) is 0 Å². The Morgan fingerprint density at radius 2 is 0.484 bits per heavy atom. The molecule has 0 aliphatic carbocycles. The number of hydrogen-bond donors (Lipinski definition) is 2. The smallest absolute Gasteiger partial charge is 0.303 e. The van der Waals surface area contributed by atoms with Crippen LogP contribution in [-0.4, -0.2) is 98.6 Å². The number of hydrogen-bond acceptors (Lipinski definition) is 14. The van der Waals surface area contributed by atoms with E-state index in [9.17, 15) is 19.8 Å². The molecule has 16 rings (SSSR count). The zero-order chi connectivity index (χ0) is 87.4. The lowest BCUT2D eigenvalue weighted by atomic mass is 10.1. The molecular weight excluding hydrogens is 1520 g/mol. The van der Waals surface area contributed by atoms with Gasteiger partial charge < -0.3 is 56.2 Å². The predicted octanol–water partition coefficient (Wildman–Crippen LogP) is 19.9. The fourth-order valence-electron chi connectivity index (χ4n) is 16.0. The number of esters is 2. The van der Waals surface area contributed by atoms with E-state index in [0.717, 1.165) is 183 Å². The number of carbonyl (C=O) groups excluding carboxylic acids is 2. The van der Waals surface area contributed by atoms with E-state index < -0.39 is 24.4 Å². The summed E-state index contributed by atoms with van der Waals surface area (Å²) in [5.74, 6) is 5.50. The number of carbonyl (C=O) groups is 2. The summed E-state index contributed by atoms with van der Waals surface area (Å²) in [5, 5.41) is 22.3. The molecule has 0 fully saturated rings. The first-order chi connectivity index (χ1) is 58.2. The van der Waals surface area contributed by atoms with Crippen molar-refractivity contribution in [1.29, 1.82) is 0 Å². The van der Waals surface area contributed by atoms with Crippen LogP contribution in [0.3, 0.4) is 0 Å². The van der Waals surface area contributed by atoms with Crippen molar-refractivity contribution in [1.82, 2.24) is 76.4 Å². The van der Waals surface area contributed by atoms with Crippen LogP contribution in [0.4, 0.5) is 0 Å². The minimum absolute atomic E-state index is 0.361. The summed E-state index contributed by atoms with van der Waals surface area (Å²) in [4.78, 5) is 62.5. The van der Waals surface area contributed by atoms with E-state index in [1.165, 1.54) is 13.8 Å². The van der Waals surface area contributed by atoms with Crippen molar-refractivity contribution in [2.45, 2.75) is 177 Å². The Balaban J connectivity index is 0.000000140. The third kappa shape index (κ3) is 18.5. The summed E-state index contributed by atoms with van der Waals surface area (Å²) >= 11 is 0. The molecule has 22 nitrogen and oxygen atoms in total. The molecule has 122 heavy (non-hydrogen) atoms. The third-order valence-corrected chi connectivity index (χ3v) is 21.9. The van der Waals surface area contributed by atoms with Gasteiger partial charge in [-0.15, -0.1) is 0 Å². The number of pyridine rings is 8. The van der Waals surface area contributed by atoms with Crippen molar-refractivity contribution in [3.8, 4) is 46.5 Å². The molecule has 2 N–H and O–H groups in total. The Morgan fingerprint density at radius 3 is 0.787 bits per heavy atom. The van der Waals surface area contributed by atoms with Gasteiger partial charge in [-0.1, -0.05) is 24.3 Å². The van der Waals surface area contributed by atoms with Crippen LogP contribution < -0.4 is 0 Å². The van der Waals surface area contributed by atoms with Crippen LogP contribution in [0.2, 0.25) is 0 Å². The lowest BCUT2D eigenvalue weighted by Gasteiger charge is -2.23. The molecule has 624 valence electrons. The van der Waals surface area contributed by atoms with E-state index in [-0.39, 0.29) is 11.9 Å². The molecule has 0 aliphatic heterocycles. The fraction of sp³-hybridized carbons (Fsp3) is 0.260. The molecule has 22 heteroatoms. The highest BCUT2D eigenvalue weighted by Crippen LogP contribution is 2.37. The molecule has 0 bridgehead atoms. The zero-order valence-corrected chi connectivity index (χ0v) is 73.8. The second-order valence-electron chi connectivity index (χ2n) is 31.6. The monoisotopic (exact) mass is 1630 g/mol. The third-order valence-electron chi connectivity index (χ3n) is 21.9. The number of aryl methyl sites for hydroxylation is 20. The predicted molar refractivity (Wildman–Crippen MR) is 479 cm³/mol. The summed E-state index contributed by atoms with van der Waals surface area (Å²) < 4.78 is 28.5. The highest BCUT2D eigenvalue weighted by atomic mass is 16.5. The van der Waals surface area contributed by atoms with Crippen molar-refractivity contribution in [3.05, 3.63) is 377 Å². The summed E-state index contributed by atoms with van der Waals surface area (Å²) in [6, 6.07) is 71.8. The van der Waals surface area contributed by atoms with Gasteiger partial charge in [0.15, 0.2) is 12.2 Å². The highest BCUT2D eigenvalue weighted by Gasteiger charge is 2.29. The Hall–Kier alpha value is -13.7. The van der Waals surface area contributed by atoms with Gasteiger partial charge in [-0.3, -0.25) is 29.5 Å². The average molecular weight is 1630 g/mol. The van der Waals surface area contributed by atoms with Crippen molar-refractivity contribution in [2.75, 3.05) is 0 Å². The minimum Gasteiger partial charge on any atom is -0.451 e. The molecule has 4 unspecified atom stereocenters. The first-order valence-corrected chi connectivity index (χ1v) is 41.0. The maximum absolute atomic E-state index is 12.1. The van der Waals surface area contributed by atoms with Crippen molar-refractivity contribution >= 4 is 11.9 Å². The standard InChI is InChI=1S/2C26H28N4O2.2C24H26N4O/c1-16-8-7-9-23(27-16)26(32-21(6)31)22-14-24(29-17(2)10-11-18(29)3)28-25(15-22)30-19(4)12-13-20(30)5;1-16-8-7-9-23(27-16)25(32-21(6)31)22-14-15-24(29-17(2)10-11-18(29)3)28-26(22)30-19(4)12-13-20(30)5;1-15-7-6-8-21(25-15)24(29)20-13-22(27-16(2)9-10-17(27)3)26-23(14-20)28-18(4)11-12-19(28)5;1-15-7-6-8-21(25-15)23(29)20-13-14-22(27-16(2)9-10-17(27)3)26-24(20)28-18(4)11-12-19(28)5/h7-15,26H,1-6H3;7-15,25H,1-6H3;6-14,24,29H,1-5H3;6-14,23,29H,1-5H3. The molecule has 0 saturated heterocycles. The molecule has 16 aromatic rings. The summed E-state index contributed by atoms with van der Waals surface area (Å²) in [6.45, 7) is 43.5. The fourth-order valence-corrected chi connectivity index (χ4v) is 16.0. The maximum atomic E-state index is 12.1. The van der Waals surface area contributed by atoms with Crippen molar-refractivity contribution in [3.63, 3.8) is 0 Å². The summed E-state index contributed by atoms with van der Waals surface area (Å²) in [5.41, 5.74) is 26.6. The normalized spacial score (nSPS) is 12.2. The molecule has 0 radical (unpaired) electrons. The Bertz CT molecular complexity index is 6240. The molecule has 16 heterocycles. The van der Waals surface area contributed by atoms with Crippen molar-refractivity contribution in [2.24, 2.45) is 0 Å². The number of aliphatic hydroxyl groups excluding tert-OH is 2. The topological polar surface area (TPSA) is 236 Å². The minimum atomic E-state index is -0.862. The van der Waals surface area contributed by atoms with E-state index in [0.29, 0.717) is 22.8 Å². The number of ether oxygens (including phenoxy) is 2. The molecule has 0 amide bonds. The quantitative estimate of drug-likeness (QED) is 0.0761. The summed E-state index contributed by atoms with van der Waals surface area (Å²) in [6.07, 6.45) is -3.00. The van der Waals surface area contributed by atoms with Crippen LogP contribution in [0, 0.1) is 138 Å². The van der Waals surface area contributed by atoms with E-state index in [1.807, 2.05) is 163 Å². The Labute approximate surface area is 714 Å². The SMILES string of the molecule is CC(=O)OC(c1cc(-n2c(C)ccc2C)nc(-n2c(C)ccc2C)c1)c1cccc(C)n1.CC(=O)OC(c1cccc(C)n1)c1ccc(-n2c(C)ccc2C)nc1-n1c(C)ccc1C.Cc1cccc(C(O)c2cc(-n3c(C)ccc3C)nc(-n3c(C)ccc3C)c2)n1.Cc1cccc(C(O)c2ccc(-n3c(C)ccc3C)nc2-n2c(C)ccc2C)n1. The van der Waals surface area contributed by atoms with Gasteiger partial charge in [-0.2, -0.15) is 0 Å². The lowest BCUT2D eigenvalue weighted by Crippen LogP contribution is -2.17. The maximum Gasteiger partial charge on any atom is 0.303 e. The van der Waals surface area contributed by atoms with Gasteiger partial charge in [0.25, 0.3) is 0 Å². The van der Waals surface area contributed by atoms with Gasteiger partial charge in [-0.25, -0.2) is 19.9 Å². The largest absolute Gasteiger partial charge is 0.451 e. The van der Waals surface area contributed by atoms with E-state index in [2.05, 4.69) is 250 Å². The van der Waals surface area contributed by atoms with Gasteiger partial charge in [0.2, 0.25) is 0 Å².